The van der Waals surface area contributed by atoms with Gasteiger partial charge >= 0.3 is 5.97 Å². The van der Waals surface area contributed by atoms with Crippen molar-refractivity contribution in [3.05, 3.63) is 34.2 Å². The minimum atomic E-state index is -1.21. The molecule has 0 aliphatic heterocycles. The Labute approximate surface area is 80.6 Å². The number of carboxylic acids is 1. The van der Waals surface area contributed by atoms with Crippen LogP contribution in [0.2, 0.25) is 0 Å². The van der Waals surface area contributed by atoms with E-state index in [1.54, 1.807) is 11.7 Å². The van der Waals surface area contributed by atoms with Gasteiger partial charge in [0, 0.05) is 32.1 Å². The lowest BCUT2D eigenvalue weighted by molar-refractivity contribution is 0.0694. The summed E-state index contributed by atoms with van der Waals surface area (Å²) in [6.07, 6.45) is 2.84. The third-order valence-electron chi connectivity index (χ3n) is 1.76. The van der Waals surface area contributed by atoms with Crippen LogP contribution in [0.5, 0.6) is 0 Å². The number of carbonyl (C=O) groups is 1. The van der Waals surface area contributed by atoms with E-state index in [0.29, 0.717) is 13.2 Å². The van der Waals surface area contributed by atoms with E-state index in [0.717, 1.165) is 0 Å². The molecule has 1 aromatic rings. The molecule has 1 aromatic heterocycles. The number of nitrogens with zero attached hydrogens (tertiary/aromatic N) is 1. The standard InChI is InChI=1S/C9H11NO4/c1-14-5-4-10-3-2-8(11)7(6-10)9(12)13/h2-3,6H,4-5H2,1H3,(H,12,13). The van der Waals surface area contributed by atoms with Gasteiger partial charge in [-0.1, -0.05) is 0 Å². The van der Waals surface area contributed by atoms with E-state index in [9.17, 15) is 9.59 Å². The number of pyridine rings is 1. The topological polar surface area (TPSA) is 68.5 Å². The van der Waals surface area contributed by atoms with Crippen molar-refractivity contribution in [2.45, 2.75) is 6.54 Å². The highest BCUT2D eigenvalue weighted by molar-refractivity contribution is 5.86. The van der Waals surface area contributed by atoms with Crippen LogP contribution in [-0.2, 0) is 11.3 Å². The first kappa shape index (κ1) is 10.5. The first-order valence-corrected chi connectivity index (χ1v) is 4.07. The Morgan fingerprint density at radius 3 is 2.93 bits per heavy atom. The van der Waals surface area contributed by atoms with Gasteiger partial charge in [0.05, 0.1) is 6.61 Å². The number of carboxylic acid groups (broad SMARTS) is 1. The number of hydrogen-bond donors (Lipinski definition) is 1. The maximum Gasteiger partial charge on any atom is 0.341 e. The van der Waals surface area contributed by atoms with Crippen LogP contribution in [0.3, 0.4) is 0 Å². The molecule has 0 saturated carbocycles. The van der Waals surface area contributed by atoms with E-state index in [4.69, 9.17) is 9.84 Å². The lowest BCUT2D eigenvalue weighted by Gasteiger charge is -2.05. The first-order valence-electron chi connectivity index (χ1n) is 4.07. The van der Waals surface area contributed by atoms with Gasteiger partial charge < -0.3 is 14.4 Å². The van der Waals surface area contributed by atoms with Gasteiger partial charge in [-0.2, -0.15) is 0 Å². The van der Waals surface area contributed by atoms with Gasteiger partial charge in [-0.15, -0.1) is 0 Å². The minimum Gasteiger partial charge on any atom is -0.477 e. The van der Waals surface area contributed by atoms with Gasteiger partial charge in [-0.05, 0) is 0 Å². The van der Waals surface area contributed by atoms with Crippen LogP contribution in [0.25, 0.3) is 0 Å². The van der Waals surface area contributed by atoms with Crippen molar-refractivity contribution < 1.29 is 14.6 Å². The summed E-state index contributed by atoms with van der Waals surface area (Å²) in [4.78, 5) is 21.7. The van der Waals surface area contributed by atoms with Crippen molar-refractivity contribution in [1.29, 1.82) is 0 Å². The third-order valence-corrected chi connectivity index (χ3v) is 1.76. The molecule has 1 heterocycles. The van der Waals surface area contributed by atoms with E-state index in [2.05, 4.69) is 0 Å². The molecule has 0 aromatic carbocycles. The lowest BCUT2D eigenvalue weighted by Crippen LogP contribution is -2.17. The summed E-state index contributed by atoms with van der Waals surface area (Å²) in [6.45, 7) is 0.999. The second kappa shape index (κ2) is 4.57. The summed E-state index contributed by atoms with van der Waals surface area (Å²) in [5, 5.41) is 8.67. The summed E-state index contributed by atoms with van der Waals surface area (Å²) in [6, 6.07) is 1.24. The molecule has 0 spiro atoms. The number of ether oxygens (including phenoxy) is 1. The van der Waals surface area contributed by atoms with Crippen LogP contribution in [0.15, 0.2) is 23.3 Å². The maximum absolute atomic E-state index is 11.1. The molecule has 0 unspecified atom stereocenters. The summed E-state index contributed by atoms with van der Waals surface area (Å²) in [5.41, 5.74) is -0.699. The fraction of sp³-hybridized carbons (Fsp3) is 0.333. The average Bonchev–Trinajstić information content (AvgIpc) is 2.16. The number of methoxy groups -OCH3 is 1. The molecule has 0 aliphatic carbocycles. The van der Waals surface area contributed by atoms with Gasteiger partial charge in [0.15, 0.2) is 5.43 Å². The highest BCUT2D eigenvalue weighted by Gasteiger charge is 2.07. The Morgan fingerprint density at radius 2 is 2.36 bits per heavy atom. The average molecular weight is 197 g/mol. The Balaban J connectivity index is 2.95. The molecule has 0 aliphatic rings. The van der Waals surface area contributed by atoms with Crippen LogP contribution in [0.1, 0.15) is 10.4 Å². The number of rotatable bonds is 4. The molecular weight excluding hydrogens is 186 g/mol. The molecule has 0 bridgehead atoms. The zero-order chi connectivity index (χ0) is 10.6. The minimum absolute atomic E-state index is 0.219. The number of aromatic carboxylic acids is 1. The molecule has 0 saturated heterocycles. The zero-order valence-corrected chi connectivity index (χ0v) is 7.77. The Kier molecular flexibility index (Phi) is 3.41. The monoisotopic (exact) mass is 197 g/mol. The molecule has 0 amide bonds. The van der Waals surface area contributed by atoms with Crippen LogP contribution in [0.4, 0.5) is 0 Å². The summed E-state index contributed by atoms with van der Waals surface area (Å²) >= 11 is 0. The molecule has 0 fully saturated rings. The SMILES string of the molecule is COCCn1ccc(=O)c(C(=O)O)c1. The third kappa shape index (κ3) is 2.43. The van der Waals surface area contributed by atoms with Crippen molar-refractivity contribution >= 4 is 5.97 Å². The molecule has 1 N–H and O–H groups in total. The fourth-order valence-electron chi connectivity index (χ4n) is 1.02. The predicted octanol–water partition coefficient (Wildman–Crippen LogP) is 0.193. The van der Waals surface area contributed by atoms with Gasteiger partial charge in [0.25, 0.3) is 0 Å². The van der Waals surface area contributed by atoms with Crippen LogP contribution in [-0.4, -0.2) is 29.4 Å². The molecule has 5 heteroatoms. The van der Waals surface area contributed by atoms with Crippen LogP contribution >= 0.6 is 0 Å². The second-order valence-corrected chi connectivity index (χ2v) is 2.76. The Hall–Kier alpha value is -1.62. The van der Waals surface area contributed by atoms with Crippen LogP contribution < -0.4 is 5.43 Å². The molecule has 0 atom stereocenters. The summed E-state index contributed by atoms with van der Waals surface area (Å²) in [7, 11) is 1.56. The maximum atomic E-state index is 11.1. The van der Waals surface area contributed by atoms with Crippen molar-refractivity contribution in [2.24, 2.45) is 0 Å². The van der Waals surface area contributed by atoms with Crippen molar-refractivity contribution in [2.75, 3.05) is 13.7 Å². The Bertz CT molecular complexity index is 383. The molecule has 1 rings (SSSR count). The quantitative estimate of drug-likeness (QED) is 0.748. The van der Waals surface area contributed by atoms with Crippen LogP contribution in [0, 0.1) is 0 Å². The van der Waals surface area contributed by atoms with E-state index in [-0.39, 0.29) is 5.56 Å². The number of aromatic nitrogens is 1. The first-order chi connectivity index (χ1) is 6.65. The summed E-state index contributed by atoms with van der Waals surface area (Å²) in [5.74, 6) is -1.21. The van der Waals surface area contributed by atoms with E-state index in [1.807, 2.05) is 0 Å². The largest absolute Gasteiger partial charge is 0.477 e. The van der Waals surface area contributed by atoms with Gasteiger partial charge in [0.2, 0.25) is 0 Å². The van der Waals surface area contributed by atoms with Crippen molar-refractivity contribution in [1.82, 2.24) is 4.57 Å². The smallest absolute Gasteiger partial charge is 0.341 e. The van der Waals surface area contributed by atoms with Gasteiger partial charge in [-0.25, -0.2) is 4.79 Å². The molecule has 14 heavy (non-hydrogen) atoms. The highest BCUT2D eigenvalue weighted by Crippen LogP contribution is 1.93. The van der Waals surface area contributed by atoms with E-state index in [1.165, 1.54) is 18.5 Å². The van der Waals surface area contributed by atoms with Gasteiger partial charge in [-0.3, -0.25) is 4.79 Å². The summed E-state index contributed by atoms with van der Waals surface area (Å²) < 4.78 is 6.44. The zero-order valence-electron chi connectivity index (χ0n) is 7.77. The van der Waals surface area contributed by atoms with E-state index < -0.39 is 11.4 Å². The normalized spacial score (nSPS) is 10.1. The molecule has 0 radical (unpaired) electrons. The number of hydrogen-bond acceptors (Lipinski definition) is 3. The molecule has 5 nitrogen and oxygen atoms in total. The van der Waals surface area contributed by atoms with Crippen molar-refractivity contribution in [3.8, 4) is 0 Å². The lowest BCUT2D eigenvalue weighted by atomic mass is 10.3. The molecular formula is C9H11NO4. The van der Waals surface area contributed by atoms with Crippen molar-refractivity contribution in [3.63, 3.8) is 0 Å². The molecule has 76 valence electrons. The van der Waals surface area contributed by atoms with E-state index >= 15 is 0 Å². The highest BCUT2D eigenvalue weighted by atomic mass is 16.5. The van der Waals surface area contributed by atoms with Gasteiger partial charge in [0.1, 0.15) is 5.56 Å². The Morgan fingerprint density at radius 1 is 1.64 bits per heavy atom. The fourth-order valence-corrected chi connectivity index (χ4v) is 1.02. The predicted molar refractivity (Wildman–Crippen MR) is 49.5 cm³/mol. The second-order valence-electron chi connectivity index (χ2n) is 2.76.